The summed E-state index contributed by atoms with van der Waals surface area (Å²) >= 11 is 0. The van der Waals surface area contributed by atoms with E-state index in [-0.39, 0.29) is 17.2 Å². The smallest absolute Gasteiger partial charge is 0.249 e. The van der Waals surface area contributed by atoms with E-state index < -0.39 is 0 Å². The zero-order valence-corrected chi connectivity index (χ0v) is 12.7. The van der Waals surface area contributed by atoms with Gasteiger partial charge in [-0.25, -0.2) is 0 Å². The summed E-state index contributed by atoms with van der Waals surface area (Å²) < 4.78 is 1.73. The number of anilines is 2. The summed E-state index contributed by atoms with van der Waals surface area (Å²) in [5, 5.41) is 10.5. The second-order valence-electron chi connectivity index (χ2n) is 6.79. The van der Waals surface area contributed by atoms with Gasteiger partial charge in [-0.1, -0.05) is 26.8 Å². The molecule has 6 nitrogen and oxygen atoms in total. The SMILES string of the molecule is CC(C)(C)CNc1cccc2nc(NC(=O)C3CC3)nn12. The lowest BCUT2D eigenvalue weighted by Gasteiger charge is -2.19. The van der Waals surface area contributed by atoms with Crippen molar-refractivity contribution in [1.29, 1.82) is 0 Å². The monoisotopic (exact) mass is 287 g/mol. The number of rotatable bonds is 4. The Morgan fingerprint density at radius 2 is 2.14 bits per heavy atom. The second kappa shape index (κ2) is 5.02. The Bertz CT molecular complexity index is 666. The third-order valence-electron chi connectivity index (χ3n) is 3.34. The molecule has 0 radical (unpaired) electrons. The number of carbonyl (C=O) groups is 1. The van der Waals surface area contributed by atoms with Crippen molar-refractivity contribution in [2.75, 3.05) is 17.2 Å². The van der Waals surface area contributed by atoms with E-state index in [1.807, 2.05) is 18.2 Å². The average Bonchev–Trinajstić information content (AvgIpc) is 3.16. The van der Waals surface area contributed by atoms with Crippen molar-refractivity contribution >= 4 is 23.3 Å². The van der Waals surface area contributed by atoms with Crippen LogP contribution in [0.15, 0.2) is 18.2 Å². The molecule has 2 aromatic heterocycles. The first-order valence-electron chi connectivity index (χ1n) is 7.33. The molecule has 1 aliphatic carbocycles. The van der Waals surface area contributed by atoms with Crippen LogP contribution in [0.25, 0.3) is 5.65 Å². The number of hydrogen-bond donors (Lipinski definition) is 2. The molecule has 3 rings (SSSR count). The molecule has 0 bridgehead atoms. The highest BCUT2D eigenvalue weighted by molar-refractivity contribution is 5.92. The quantitative estimate of drug-likeness (QED) is 0.906. The minimum atomic E-state index is 0.0232. The van der Waals surface area contributed by atoms with Gasteiger partial charge in [0.2, 0.25) is 11.9 Å². The number of aromatic nitrogens is 3. The van der Waals surface area contributed by atoms with Crippen LogP contribution >= 0.6 is 0 Å². The fraction of sp³-hybridized carbons (Fsp3) is 0.533. The molecule has 6 heteroatoms. The van der Waals surface area contributed by atoms with E-state index in [0.29, 0.717) is 5.95 Å². The van der Waals surface area contributed by atoms with Crippen molar-refractivity contribution in [3.8, 4) is 0 Å². The van der Waals surface area contributed by atoms with E-state index in [2.05, 4.69) is 41.5 Å². The molecule has 21 heavy (non-hydrogen) atoms. The van der Waals surface area contributed by atoms with Crippen LogP contribution in [0.1, 0.15) is 33.6 Å². The summed E-state index contributed by atoms with van der Waals surface area (Å²) in [4.78, 5) is 16.1. The zero-order chi connectivity index (χ0) is 15.0. The van der Waals surface area contributed by atoms with Crippen molar-refractivity contribution in [3.05, 3.63) is 18.2 Å². The van der Waals surface area contributed by atoms with E-state index in [0.717, 1.165) is 30.9 Å². The van der Waals surface area contributed by atoms with Crippen LogP contribution in [0.5, 0.6) is 0 Å². The van der Waals surface area contributed by atoms with E-state index in [4.69, 9.17) is 0 Å². The Labute approximate surface area is 123 Å². The molecule has 1 amide bonds. The van der Waals surface area contributed by atoms with Crippen molar-refractivity contribution in [2.45, 2.75) is 33.6 Å². The molecule has 0 aromatic carbocycles. The summed E-state index contributed by atoms with van der Waals surface area (Å²) in [6.45, 7) is 7.34. The third kappa shape index (κ3) is 3.32. The lowest BCUT2D eigenvalue weighted by atomic mass is 9.97. The van der Waals surface area contributed by atoms with Gasteiger partial charge in [-0.2, -0.15) is 9.50 Å². The van der Waals surface area contributed by atoms with Gasteiger partial charge in [-0.05, 0) is 30.4 Å². The highest BCUT2D eigenvalue weighted by Crippen LogP contribution is 2.29. The highest BCUT2D eigenvalue weighted by Gasteiger charge is 2.30. The zero-order valence-electron chi connectivity index (χ0n) is 12.7. The van der Waals surface area contributed by atoms with Crippen LogP contribution in [-0.2, 0) is 4.79 Å². The Balaban J connectivity index is 1.81. The molecule has 1 aliphatic rings. The minimum absolute atomic E-state index is 0.0232. The standard InChI is InChI=1S/C15H21N5O/c1-15(2,3)9-16-11-5-4-6-12-17-14(19-20(11)12)18-13(21)10-7-8-10/h4-6,10,16H,7-9H2,1-3H3,(H,18,19,21). The van der Waals surface area contributed by atoms with Crippen LogP contribution in [-0.4, -0.2) is 27.0 Å². The van der Waals surface area contributed by atoms with Gasteiger partial charge < -0.3 is 5.32 Å². The van der Waals surface area contributed by atoms with Gasteiger partial charge in [-0.3, -0.25) is 10.1 Å². The molecule has 0 spiro atoms. The number of pyridine rings is 1. The summed E-state index contributed by atoms with van der Waals surface area (Å²) in [6, 6.07) is 5.77. The van der Waals surface area contributed by atoms with Gasteiger partial charge in [0.05, 0.1) is 0 Å². The molecule has 0 atom stereocenters. The maximum absolute atomic E-state index is 11.8. The molecule has 0 unspecified atom stereocenters. The Morgan fingerprint density at radius 3 is 2.81 bits per heavy atom. The first kappa shape index (κ1) is 13.9. The molecule has 1 fully saturated rings. The molecular formula is C15H21N5O. The summed E-state index contributed by atoms with van der Waals surface area (Å²) in [6.07, 6.45) is 1.94. The molecule has 0 aliphatic heterocycles. The number of amides is 1. The van der Waals surface area contributed by atoms with E-state index in [9.17, 15) is 4.79 Å². The molecule has 0 saturated heterocycles. The summed E-state index contributed by atoms with van der Waals surface area (Å²) in [5.74, 6) is 1.42. The van der Waals surface area contributed by atoms with Crippen LogP contribution in [0.4, 0.5) is 11.8 Å². The Morgan fingerprint density at radius 1 is 1.38 bits per heavy atom. The van der Waals surface area contributed by atoms with Crippen molar-refractivity contribution in [1.82, 2.24) is 14.6 Å². The predicted molar refractivity (Wildman–Crippen MR) is 82.3 cm³/mol. The minimum Gasteiger partial charge on any atom is -0.369 e. The third-order valence-corrected chi connectivity index (χ3v) is 3.34. The fourth-order valence-corrected chi connectivity index (χ4v) is 2.01. The van der Waals surface area contributed by atoms with Crippen molar-refractivity contribution in [2.24, 2.45) is 11.3 Å². The molecule has 2 heterocycles. The van der Waals surface area contributed by atoms with Crippen molar-refractivity contribution < 1.29 is 4.79 Å². The number of nitrogens with one attached hydrogen (secondary N) is 2. The number of hydrogen-bond acceptors (Lipinski definition) is 4. The van der Waals surface area contributed by atoms with E-state index in [1.54, 1.807) is 4.52 Å². The van der Waals surface area contributed by atoms with Crippen LogP contribution < -0.4 is 10.6 Å². The number of carbonyl (C=O) groups excluding carboxylic acids is 1. The Hall–Kier alpha value is -2.11. The lowest BCUT2D eigenvalue weighted by molar-refractivity contribution is -0.117. The van der Waals surface area contributed by atoms with Gasteiger partial charge in [0.1, 0.15) is 5.82 Å². The van der Waals surface area contributed by atoms with Gasteiger partial charge in [0, 0.05) is 12.5 Å². The largest absolute Gasteiger partial charge is 0.369 e. The normalized spacial score (nSPS) is 15.2. The Kier molecular flexibility index (Phi) is 3.31. The molecule has 2 N–H and O–H groups in total. The van der Waals surface area contributed by atoms with E-state index in [1.165, 1.54) is 0 Å². The number of fused-ring (bicyclic) bond motifs is 1. The average molecular weight is 287 g/mol. The topological polar surface area (TPSA) is 71.3 Å². The molecular weight excluding hydrogens is 266 g/mol. The fourth-order valence-electron chi connectivity index (χ4n) is 2.01. The summed E-state index contributed by atoms with van der Waals surface area (Å²) in [5.41, 5.74) is 0.895. The van der Waals surface area contributed by atoms with Gasteiger partial charge in [0.25, 0.3) is 0 Å². The predicted octanol–water partition coefficient (Wildman–Crippen LogP) is 2.54. The maximum Gasteiger partial charge on any atom is 0.249 e. The second-order valence-corrected chi connectivity index (χ2v) is 6.79. The van der Waals surface area contributed by atoms with Gasteiger partial charge in [-0.15, -0.1) is 5.10 Å². The van der Waals surface area contributed by atoms with Gasteiger partial charge in [0.15, 0.2) is 5.65 Å². The number of nitrogens with zero attached hydrogens (tertiary/aromatic N) is 3. The van der Waals surface area contributed by atoms with Crippen LogP contribution in [0, 0.1) is 11.3 Å². The van der Waals surface area contributed by atoms with Crippen molar-refractivity contribution in [3.63, 3.8) is 0 Å². The maximum atomic E-state index is 11.8. The van der Waals surface area contributed by atoms with Crippen LogP contribution in [0.3, 0.4) is 0 Å². The van der Waals surface area contributed by atoms with E-state index >= 15 is 0 Å². The van der Waals surface area contributed by atoms with Crippen LogP contribution in [0.2, 0.25) is 0 Å². The molecule has 2 aromatic rings. The molecule has 1 saturated carbocycles. The first-order chi connectivity index (χ1) is 9.92. The molecule has 112 valence electrons. The summed E-state index contributed by atoms with van der Waals surface area (Å²) in [7, 11) is 0. The first-order valence-corrected chi connectivity index (χ1v) is 7.33. The lowest BCUT2D eigenvalue weighted by Crippen LogP contribution is -2.20. The highest BCUT2D eigenvalue weighted by atomic mass is 16.2. The van der Waals surface area contributed by atoms with Gasteiger partial charge >= 0.3 is 0 Å².